The van der Waals surface area contributed by atoms with Crippen molar-refractivity contribution < 1.29 is 14.3 Å². The quantitative estimate of drug-likeness (QED) is 0.647. The van der Waals surface area contributed by atoms with Crippen molar-refractivity contribution in [3.05, 3.63) is 58.6 Å². The number of nitrogens with one attached hydrogen (secondary N) is 1. The number of carbonyl (C=O) groups is 2. The number of hydrogen-bond donors (Lipinski definition) is 1. The lowest BCUT2D eigenvalue weighted by Crippen LogP contribution is -2.43. The molecule has 1 saturated heterocycles. The minimum absolute atomic E-state index is 0.0333. The van der Waals surface area contributed by atoms with Crippen molar-refractivity contribution in [2.24, 2.45) is 0 Å². The number of hydrogen-bond acceptors (Lipinski definition) is 4. The van der Waals surface area contributed by atoms with Crippen LogP contribution < -0.4 is 10.2 Å². The van der Waals surface area contributed by atoms with E-state index in [2.05, 4.69) is 26.1 Å². The van der Waals surface area contributed by atoms with Crippen molar-refractivity contribution in [1.29, 1.82) is 0 Å². The molecule has 7 heteroatoms. The lowest BCUT2D eigenvalue weighted by Gasteiger charge is -2.29. The third-order valence-electron chi connectivity index (χ3n) is 6.07. The smallest absolute Gasteiger partial charge is 0.243 e. The van der Waals surface area contributed by atoms with Crippen LogP contribution in [0.1, 0.15) is 25.3 Å². The number of morpholine rings is 1. The van der Waals surface area contributed by atoms with E-state index in [1.54, 1.807) is 4.90 Å². The summed E-state index contributed by atoms with van der Waals surface area (Å²) in [5.74, 6) is -0.148. The minimum atomic E-state index is -0.486. The molecule has 4 rings (SSSR count). The van der Waals surface area contributed by atoms with Gasteiger partial charge in [0.2, 0.25) is 11.8 Å². The number of carbonyl (C=O) groups excluding carboxylic acids is 2. The van der Waals surface area contributed by atoms with Gasteiger partial charge in [0, 0.05) is 35.5 Å². The van der Waals surface area contributed by atoms with Crippen molar-refractivity contribution in [2.45, 2.75) is 25.2 Å². The summed E-state index contributed by atoms with van der Waals surface area (Å²) >= 11 is 3.50. The monoisotopic (exact) mass is 485 g/mol. The Kier molecular flexibility index (Phi) is 6.62. The molecule has 2 aromatic rings. The van der Waals surface area contributed by atoms with E-state index < -0.39 is 5.41 Å². The maximum absolute atomic E-state index is 13.3. The number of amides is 2. The van der Waals surface area contributed by atoms with Crippen molar-refractivity contribution in [3.8, 4) is 0 Å². The third-order valence-corrected chi connectivity index (χ3v) is 6.56. The zero-order valence-electron chi connectivity index (χ0n) is 17.8. The lowest BCUT2D eigenvalue weighted by atomic mass is 9.94. The Morgan fingerprint density at radius 2 is 1.84 bits per heavy atom. The molecule has 31 heavy (non-hydrogen) atoms. The first-order valence-electron chi connectivity index (χ1n) is 10.8. The molecule has 1 aliphatic heterocycles. The van der Waals surface area contributed by atoms with Gasteiger partial charge < -0.3 is 19.9 Å². The molecule has 0 bridgehead atoms. The molecule has 164 valence electrons. The lowest BCUT2D eigenvalue weighted by molar-refractivity contribution is -0.136. The van der Waals surface area contributed by atoms with Gasteiger partial charge in [-0.25, -0.2) is 0 Å². The fourth-order valence-corrected chi connectivity index (χ4v) is 4.52. The zero-order valence-corrected chi connectivity index (χ0v) is 19.4. The highest BCUT2D eigenvalue weighted by Gasteiger charge is 2.53. The molecule has 1 saturated carbocycles. The van der Waals surface area contributed by atoms with Crippen molar-refractivity contribution in [1.82, 2.24) is 4.90 Å². The molecule has 1 N–H and O–H groups in total. The SMILES string of the molecule is CCN(CC(=O)Nc1ccc(N2CCOCC2)cc1)C(=O)C1(c2cccc(Br)c2)CC1. The van der Waals surface area contributed by atoms with Gasteiger partial charge in [0.1, 0.15) is 0 Å². The largest absolute Gasteiger partial charge is 0.378 e. The van der Waals surface area contributed by atoms with Gasteiger partial charge in [-0.1, -0.05) is 28.1 Å². The Balaban J connectivity index is 1.37. The molecule has 0 spiro atoms. The molecule has 0 aromatic heterocycles. The van der Waals surface area contributed by atoms with Crippen LogP contribution in [-0.2, 0) is 19.7 Å². The molecule has 2 amide bonds. The van der Waals surface area contributed by atoms with Crippen LogP contribution in [-0.4, -0.2) is 56.1 Å². The normalized spacial score (nSPS) is 17.2. The number of rotatable bonds is 7. The number of halogens is 1. The second kappa shape index (κ2) is 9.40. The van der Waals surface area contributed by atoms with Crippen LogP contribution in [0, 0.1) is 0 Å². The first-order chi connectivity index (χ1) is 15.0. The molecule has 1 aliphatic carbocycles. The summed E-state index contributed by atoms with van der Waals surface area (Å²) in [4.78, 5) is 29.9. The van der Waals surface area contributed by atoms with Gasteiger partial charge in [0.25, 0.3) is 0 Å². The van der Waals surface area contributed by atoms with E-state index in [4.69, 9.17) is 4.74 Å². The molecule has 2 aliphatic rings. The Morgan fingerprint density at radius 1 is 1.13 bits per heavy atom. The van der Waals surface area contributed by atoms with E-state index in [1.807, 2.05) is 55.5 Å². The molecule has 0 atom stereocenters. The molecule has 6 nitrogen and oxygen atoms in total. The summed E-state index contributed by atoms with van der Waals surface area (Å²) < 4.78 is 6.36. The van der Waals surface area contributed by atoms with Gasteiger partial charge in [-0.15, -0.1) is 0 Å². The first kappa shape index (κ1) is 21.8. The van der Waals surface area contributed by atoms with E-state index >= 15 is 0 Å². The predicted octanol–water partition coefficient (Wildman–Crippen LogP) is 3.80. The highest BCUT2D eigenvalue weighted by atomic mass is 79.9. The molecule has 1 heterocycles. The van der Waals surface area contributed by atoms with Gasteiger partial charge in [0.15, 0.2) is 0 Å². The molecule has 0 radical (unpaired) electrons. The summed E-state index contributed by atoms with van der Waals surface area (Å²) in [6.45, 7) is 5.69. The van der Waals surface area contributed by atoms with Gasteiger partial charge in [-0.2, -0.15) is 0 Å². The molecule has 2 fully saturated rings. The second-order valence-corrected chi connectivity index (χ2v) is 9.02. The number of likely N-dealkylation sites (N-methyl/N-ethyl adjacent to an activating group) is 1. The van der Waals surface area contributed by atoms with Crippen LogP contribution in [0.4, 0.5) is 11.4 Å². The third kappa shape index (κ3) is 4.93. The highest BCUT2D eigenvalue weighted by Crippen LogP contribution is 2.50. The highest BCUT2D eigenvalue weighted by molar-refractivity contribution is 9.10. The fraction of sp³-hybridized carbons (Fsp3) is 0.417. The van der Waals surface area contributed by atoms with E-state index in [-0.39, 0.29) is 18.4 Å². The van der Waals surface area contributed by atoms with Gasteiger partial charge in [-0.05, 0) is 61.7 Å². The van der Waals surface area contributed by atoms with Crippen molar-refractivity contribution in [2.75, 3.05) is 49.6 Å². The minimum Gasteiger partial charge on any atom is -0.378 e. The van der Waals surface area contributed by atoms with Crippen LogP contribution >= 0.6 is 15.9 Å². The first-order valence-corrected chi connectivity index (χ1v) is 11.6. The van der Waals surface area contributed by atoms with Crippen LogP contribution in [0.25, 0.3) is 0 Å². The van der Waals surface area contributed by atoms with Gasteiger partial charge in [0.05, 0.1) is 25.2 Å². The van der Waals surface area contributed by atoms with Gasteiger partial charge in [-0.3, -0.25) is 9.59 Å². The van der Waals surface area contributed by atoms with Crippen molar-refractivity contribution >= 4 is 39.1 Å². The second-order valence-electron chi connectivity index (χ2n) is 8.11. The predicted molar refractivity (Wildman–Crippen MR) is 125 cm³/mol. The van der Waals surface area contributed by atoms with Crippen LogP contribution in [0.3, 0.4) is 0 Å². The molecular formula is C24H28BrN3O3. The number of benzene rings is 2. The average molecular weight is 486 g/mol. The maximum Gasteiger partial charge on any atom is 0.243 e. The zero-order chi connectivity index (χ0) is 21.8. The summed E-state index contributed by atoms with van der Waals surface area (Å²) in [5, 5.41) is 2.93. The van der Waals surface area contributed by atoms with Crippen LogP contribution in [0.2, 0.25) is 0 Å². The van der Waals surface area contributed by atoms with E-state index in [0.29, 0.717) is 6.54 Å². The van der Waals surface area contributed by atoms with Crippen molar-refractivity contribution in [3.63, 3.8) is 0 Å². The summed E-state index contributed by atoms with van der Waals surface area (Å²) in [6.07, 6.45) is 1.65. The Labute approximate surface area is 191 Å². The fourth-order valence-electron chi connectivity index (χ4n) is 4.12. The molecular weight excluding hydrogens is 458 g/mol. The molecule has 0 unspecified atom stereocenters. The number of nitrogens with zero attached hydrogens (tertiary/aromatic N) is 2. The summed E-state index contributed by atoms with van der Waals surface area (Å²) in [6, 6.07) is 15.8. The Morgan fingerprint density at radius 3 is 2.45 bits per heavy atom. The van der Waals surface area contributed by atoms with E-state index in [0.717, 1.165) is 60.6 Å². The van der Waals surface area contributed by atoms with Gasteiger partial charge >= 0.3 is 0 Å². The maximum atomic E-state index is 13.3. The average Bonchev–Trinajstić information content (AvgIpc) is 3.60. The van der Waals surface area contributed by atoms with E-state index in [9.17, 15) is 9.59 Å². The van der Waals surface area contributed by atoms with Crippen LogP contribution in [0.5, 0.6) is 0 Å². The van der Waals surface area contributed by atoms with E-state index in [1.165, 1.54) is 0 Å². The number of ether oxygens (including phenoxy) is 1. The standard InChI is InChI=1S/C24H28BrN3O3/c1-2-27(23(30)24(10-11-24)18-4-3-5-19(25)16-18)17-22(29)26-20-6-8-21(9-7-20)28-12-14-31-15-13-28/h3-9,16H,2,10-15,17H2,1H3,(H,26,29). The summed E-state index contributed by atoms with van der Waals surface area (Å²) in [7, 11) is 0. The Hall–Kier alpha value is -2.38. The van der Waals surface area contributed by atoms with Crippen LogP contribution in [0.15, 0.2) is 53.0 Å². The summed E-state index contributed by atoms with van der Waals surface area (Å²) in [5.41, 5.74) is 2.39. The molecule has 2 aromatic carbocycles. The Bertz CT molecular complexity index is 937. The topological polar surface area (TPSA) is 61.9 Å². The number of anilines is 2.